The van der Waals surface area contributed by atoms with Crippen molar-refractivity contribution in [2.24, 2.45) is 0 Å². The molecule has 0 aromatic heterocycles. The Morgan fingerprint density at radius 1 is 0.923 bits per heavy atom. The maximum Gasteiger partial charge on any atom is 0.0119 e. The number of benzene rings is 2. The molecule has 2 aromatic rings. The highest BCUT2D eigenvalue weighted by Gasteiger charge is 2.10. The molecule has 0 atom stereocenters. The summed E-state index contributed by atoms with van der Waals surface area (Å²) >= 11 is 4.44. The normalized spacial score (nSPS) is 12.7. The fourth-order valence-corrected chi connectivity index (χ4v) is 2.17. The van der Waals surface area contributed by atoms with E-state index >= 15 is 0 Å². The minimum atomic E-state index is 1.06. The van der Waals surface area contributed by atoms with Crippen molar-refractivity contribution in [3.63, 3.8) is 0 Å². The van der Waals surface area contributed by atoms with Gasteiger partial charge in [-0.15, -0.1) is 12.6 Å². The lowest BCUT2D eigenvalue weighted by Gasteiger charge is -2.03. The average Bonchev–Trinajstić information content (AvgIpc) is 2.57. The third-order valence-corrected chi connectivity index (χ3v) is 2.91. The largest absolute Gasteiger partial charge is 0.143 e. The molecule has 0 amide bonds. The molecule has 3 rings (SSSR count). The zero-order chi connectivity index (χ0) is 8.84. The Morgan fingerprint density at radius 2 is 1.85 bits per heavy atom. The molecule has 2 aromatic carbocycles. The first kappa shape index (κ1) is 7.22. The minimum absolute atomic E-state index is 1.06. The van der Waals surface area contributed by atoms with Crippen LogP contribution in [0.4, 0.5) is 0 Å². The summed E-state index contributed by atoms with van der Waals surface area (Å²) in [5.74, 6) is 0. The van der Waals surface area contributed by atoms with Crippen LogP contribution < -0.4 is 0 Å². The molecule has 0 nitrogen and oxygen atoms in total. The van der Waals surface area contributed by atoms with Crippen LogP contribution in [0.5, 0.6) is 0 Å². The minimum Gasteiger partial charge on any atom is -0.143 e. The summed E-state index contributed by atoms with van der Waals surface area (Å²) in [4.78, 5) is 1.06. The molecular weight excluding hydrogens is 176 g/mol. The van der Waals surface area contributed by atoms with E-state index in [2.05, 4.69) is 55.1 Å². The van der Waals surface area contributed by atoms with Gasteiger partial charge in [-0.25, -0.2) is 0 Å². The summed E-state index contributed by atoms with van der Waals surface area (Å²) in [6.07, 6.45) is 4.29. The fraction of sp³-hybridized carbons (Fsp3) is 0. The van der Waals surface area contributed by atoms with Gasteiger partial charge in [-0.2, -0.15) is 0 Å². The van der Waals surface area contributed by atoms with Crippen molar-refractivity contribution in [1.29, 1.82) is 0 Å². The van der Waals surface area contributed by atoms with Crippen molar-refractivity contribution >= 4 is 35.6 Å². The summed E-state index contributed by atoms with van der Waals surface area (Å²) in [5.41, 5.74) is 2.57. The number of rotatable bonds is 0. The Morgan fingerprint density at radius 3 is 2.77 bits per heavy atom. The van der Waals surface area contributed by atoms with Crippen molar-refractivity contribution in [2.75, 3.05) is 0 Å². The van der Waals surface area contributed by atoms with Crippen LogP contribution in [0, 0.1) is 0 Å². The summed E-state index contributed by atoms with van der Waals surface area (Å²) in [6.45, 7) is 0. The third-order valence-electron chi connectivity index (χ3n) is 2.52. The van der Waals surface area contributed by atoms with Crippen LogP contribution in [-0.2, 0) is 0 Å². The predicted molar refractivity (Wildman–Crippen MR) is 60.1 cm³/mol. The standard InChI is InChI=1S/C12H8S/c13-11-7-5-9-3-1-2-8-4-6-10(11)12(8)9/h1-7,13H. The molecule has 0 saturated carbocycles. The monoisotopic (exact) mass is 184 g/mol. The highest BCUT2D eigenvalue weighted by atomic mass is 32.1. The molecular formula is C12H8S. The van der Waals surface area contributed by atoms with Gasteiger partial charge in [0.2, 0.25) is 0 Å². The summed E-state index contributed by atoms with van der Waals surface area (Å²) in [5, 5.41) is 2.64. The molecule has 0 N–H and O–H groups in total. The second-order valence-electron chi connectivity index (χ2n) is 3.28. The maximum absolute atomic E-state index is 4.44. The van der Waals surface area contributed by atoms with Crippen molar-refractivity contribution < 1.29 is 0 Å². The molecule has 0 aliphatic heterocycles. The quantitative estimate of drug-likeness (QED) is 0.507. The van der Waals surface area contributed by atoms with Gasteiger partial charge in [-0.05, 0) is 28.0 Å². The number of hydrogen-bond acceptors (Lipinski definition) is 1. The van der Waals surface area contributed by atoms with Crippen LogP contribution in [0.15, 0.2) is 35.2 Å². The SMILES string of the molecule is Sc1ccc2cccc3c2c1C=C3. The van der Waals surface area contributed by atoms with Crippen LogP contribution in [0.3, 0.4) is 0 Å². The van der Waals surface area contributed by atoms with Gasteiger partial charge in [0.1, 0.15) is 0 Å². The summed E-state index contributed by atoms with van der Waals surface area (Å²) in [7, 11) is 0. The fourth-order valence-electron chi connectivity index (χ4n) is 1.91. The van der Waals surface area contributed by atoms with Crippen molar-refractivity contribution in [3.8, 4) is 0 Å². The molecule has 1 heteroatoms. The van der Waals surface area contributed by atoms with E-state index in [9.17, 15) is 0 Å². The van der Waals surface area contributed by atoms with Gasteiger partial charge in [0.05, 0.1) is 0 Å². The molecule has 1 aliphatic carbocycles. The molecule has 0 heterocycles. The van der Waals surface area contributed by atoms with Crippen molar-refractivity contribution in [2.45, 2.75) is 4.90 Å². The number of thiol groups is 1. The second-order valence-corrected chi connectivity index (χ2v) is 3.76. The van der Waals surface area contributed by atoms with Gasteiger partial charge < -0.3 is 0 Å². The van der Waals surface area contributed by atoms with Gasteiger partial charge in [0.25, 0.3) is 0 Å². The van der Waals surface area contributed by atoms with E-state index in [1.165, 1.54) is 21.9 Å². The molecule has 0 fully saturated rings. The highest BCUT2D eigenvalue weighted by Crippen LogP contribution is 2.34. The lowest BCUT2D eigenvalue weighted by atomic mass is 10.0. The molecule has 0 unspecified atom stereocenters. The van der Waals surface area contributed by atoms with E-state index in [4.69, 9.17) is 0 Å². The molecule has 0 saturated heterocycles. The number of hydrogen-bond donors (Lipinski definition) is 1. The molecule has 62 valence electrons. The first-order valence-corrected chi connectivity index (χ1v) is 4.74. The smallest absolute Gasteiger partial charge is 0.0119 e. The molecule has 0 radical (unpaired) electrons. The zero-order valence-electron chi connectivity index (χ0n) is 6.99. The van der Waals surface area contributed by atoms with Crippen LogP contribution in [-0.4, -0.2) is 0 Å². The Bertz CT molecular complexity index is 524. The van der Waals surface area contributed by atoms with Gasteiger partial charge in [0, 0.05) is 4.90 Å². The van der Waals surface area contributed by atoms with Crippen LogP contribution in [0.25, 0.3) is 22.9 Å². The molecule has 0 spiro atoms. The van der Waals surface area contributed by atoms with Crippen LogP contribution >= 0.6 is 12.6 Å². The lowest BCUT2D eigenvalue weighted by molar-refractivity contribution is 1.49. The van der Waals surface area contributed by atoms with Crippen molar-refractivity contribution in [3.05, 3.63) is 41.5 Å². The maximum atomic E-state index is 4.44. The van der Waals surface area contributed by atoms with Gasteiger partial charge in [-0.1, -0.05) is 36.4 Å². The van der Waals surface area contributed by atoms with E-state index < -0.39 is 0 Å². The Balaban J connectivity index is 2.62. The van der Waals surface area contributed by atoms with Gasteiger partial charge in [-0.3, -0.25) is 0 Å². The van der Waals surface area contributed by atoms with Crippen molar-refractivity contribution in [1.82, 2.24) is 0 Å². The van der Waals surface area contributed by atoms with E-state index in [1.807, 2.05) is 0 Å². The van der Waals surface area contributed by atoms with Crippen LogP contribution in [0.2, 0.25) is 0 Å². The van der Waals surface area contributed by atoms with Crippen LogP contribution in [0.1, 0.15) is 11.1 Å². The molecule has 1 aliphatic rings. The molecule has 13 heavy (non-hydrogen) atoms. The van der Waals surface area contributed by atoms with E-state index in [-0.39, 0.29) is 0 Å². The Kier molecular flexibility index (Phi) is 1.33. The first-order valence-electron chi connectivity index (χ1n) is 4.29. The third kappa shape index (κ3) is 0.879. The zero-order valence-corrected chi connectivity index (χ0v) is 7.88. The lowest BCUT2D eigenvalue weighted by Crippen LogP contribution is -1.79. The highest BCUT2D eigenvalue weighted by molar-refractivity contribution is 7.80. The van der Waals surface area contributed by atoms with Gasteiger partial charge in [0.15, 0.2) is 0 Å². The topological polar surface area (TPSA) is 0 Å². The first-order chi connectivity index (χ1) is 6.36. The van der Waals surface area contributed by atoms with E-state index in [0.717, 1.165) is 4.90 Å². The average molecular weight is 184 g/mol. The Hall–Kier alpha value is -1.21. The summed E-state index contributed by atoms with van der Waals surface area (Å²) in [6, 6.07) is 10.6. The summed E-state index contributed by atoms with van der Waals surface area (Å²) < 4.78 is 0. The predicted octanol–water partition coefficient (Wildman–Crippen LogP) is 3.61. The van der Waals surface area contributed by atoms with E-state index in [0.29, 0.717) is 0 Å². The Labute approximate surface area is 82.3 Å². The molecule has 0 bridgehead atoms. The van der Waals surface area contributed by atoms with Gasteiger partial charge >= 0.3 is 0 Å². The second kappa shape index (κ2) is 2.39. The van der Waals surface area contributed by atoms with E-state index in [1.54, 1.807) is 0 Å².